The standard InChI is InChI=1S/C24H30N4O4S2/c1-5-6-11-32-24(29)27-34(30,31)23-21(26-20(33-23)12-15(2)3)17-7-8-18-14-28-10-9-25-22(28)16(4)19(18)13-17/h7-10,13,15-16H,5-6,11-12,14H2,1-4H3,(H,27,29). The summed E-state index contributed by atoms with van der Waals surface area (Å²) in [7, 11) is -4.15. The summed E-state index contributed by atoms with van der Waals surface area (Å²) in [5, 5.41) is 0.714. The van der Waals surface area contributed by atoms with Crippen LogP contribution >= 0.6 is 11.3 Å². The topological polar surface area (TPSA) is 103 Å². The molecule has 3 aromatic rings. The second-order valence-electron chi connectivity index (χ2n) is 8.99. The Labute approximate surface area is 204 Å². The molecule has 1 aliphatic heterocycles. The lowest BCUT2D eigenvalue weighted by molar-refractivity contribution is 0.151. The molecule has 0 spiro atoms. The predicted octanol–water partition coefficient (Wildman–Crippen LogP) is 4.93. The highest BCUT2D eigenvalue weighted by Gasteiger charge is 2.29. The van der Waals surface area contributed by atoms with Crippen LogP contribution in [0.25, 0.3) is 11.3 Å². The summed E-state index contributed by atoms with van der Waals surface area (Å²) >= 11 is 1.10. The fourth-order valence-electron chi connectivity index (χ4n) is 4.09. The first-order chi connectivity index (χ1) is 16.2. The Morgan fingerprint density at radius 3 is 2.88 bits per heavy atom. The Kier molecular flexibility index (Phi) is 7.09. The highest BCUT2D eigenvalue weighted by molar-refractivity contribution is 7.92. The number of carbonyl (C=O) groups is 1. The Bertz CT molecular complexity index is 1290. The van der Waals surface area contributed by atoms with Gasteiger partial charge in [0.15, 0.2) is 4.21 Å². The molecule has 0 fully saturated rings. The predicted molar refractivity (Wildman–Crippen MR) is 132 cm³/mol. The van der Waals surface area contributed by atoms with Crippen molar-refractivity contribution in [3.05, 3.63) is 52.6 Å². The van der Waals surface area contributed by atoms with E-state index in [1.54, 1.807) is 6.20 Å². The van der Waals surface area contributed by atoms with Gasteiger partial charge < -0.3 is 9.30 Å². The zero-order valence-corrected chi connectivity index (χ0v) is 21.5. The number of carbonyl (C=O) groups excluding carboxylic acids is 1. The Morgan fingerprint density at radius 2 is 2.15 bits per heavy atom. The van der Waals surface area contributed by atoms with Crippen molar-refractivity contribution in [1.82, 2.24) is 19.3 Å². The van der Waals surface area contributed by atoms with Crippen LogP contribution in [-0.4, -0.2) is 35.7 Å². The minimum Gasteiger partial charge on any atom is -0.449 e. The number of fused-ring (bicyclic) bond motifs is 2. The summed E-state index contributed by atoms with van der Waals surface area (Å²) in [6, 6.07) is 5.93. The highest BCUT2D eigenvalue weighted by Crippen LogP contribution is 2.38. The van der Waals surface area contributed by atoms with Gasteiger partial charge in [-0.1, -0.05) is 46.2 Å². The van der Waals surface area contributed by atoms with Gasteiger partial charge in [-0.15, -0.1) is 11.3 Å². The maximum absolute atomic E-state index is 13.2. The van der Waals surface area contributed by atoms with Crippen LogP contribution in [-0.2, 0) is 27.7 Å². The molecule has 34 heavy (non-hydrogen) atoms. The van der Waals surface area contributed by atoms with Crippen LogP contribution in [0.5, 0.6) is 0 Å². The van der Waals surface area contributed by atoms with E-state index in [1.807, 2.05) is 31.3 Å². The molecule has 1 aliphatic rings. The van der Waals surface area contributed by atoms with Crippen molar-refractivity contribution in [2.24, 2.45) is 5.92 Å². The van der Waals surface area contributed by atoms with Gasteiger partial charge in [-0.3, -0.25) is 0 Å². The molecule has 3 heterocycles. The molecule has 0 saturated carbocycles. The van der Waals surface area contributed by atoms with Crippen LogP contribution in [0.4, 0.5) is 4.79 Å². The van der Waals surface area contributed by atoms with Gasteiger partial charge in [0.1, 0.15) is 11.5 Å². The lowest BCUT2D eigenvalue weighted by Gasteiger charge is -2.24. The molecule has 1 N–H and O–H groups in total. The first-order valence-electron chi connectivity index (χ1n) is 11.5. The molecule has 8 nitrogen and oxygen atoms in total. The van der Waals surface area contributed by atoms with Crippen LogP contribution in [0.15, 0.2) is 34.8 Å². The average molecular weight is 503 g/mol. The zero-order chi connectivity index (χ0) is 24.5. The monoisotopic (exact) mass is 502 g/mol. The summed E-state index contributed by atoms with van der Waals surface area (Å²) in [5.41, 5.74) is 3.33. The third-order valence-electron chi connectivity index (χ3n) is 5.78. The van der Waals surface area contributed by atoms with Crippen molar-refractivity contribution in [2.75, 3.05) is 6.61 Å². The first kappa shape index (κ1) is 24.4. The van der Waals surface area contributed by atoms with Crippen molar-refractivity contribution >= 4 is 27.5 Å². The van der Waals surface area contributed by atoms with Crippen molar-refractivity contribution in [2.45, 2.75) is 63.6 Å². The van der Waals surface area contributed by atoms with Crippen LogP contribution in [0.1, 0.15) is 68.4 Å². The largest absolute Gasteiger partial charge is 0.449 e. The highest BCUT2D eigenvalue weighted by atomic mass is 32.2. The molecule has 1 amide bonds. The van der Waals surface area contributed by atoms with Crippen molar-refractivity contribution in [3.8, 4) is 11.3 Å². The number of hydrogen-bond donors (Lipinski definition) is 1. The van der Waals surface area contributed by atoms with Crippen molar-refractivity contribution < 1.29 is 17.9 Å². The maximum Gasteiger partial charge on any atom is 0.421 e. The zero-order valence-electron chi connectivity index (χ0n) is 19.9. The van der Waals surface area contributed by atoms with Gasteiger partial charge in [0.05, 0.1) is 11.6 Å². The quantitative estimate of drug-likeness (QED) is 0.438. The maximum atomic E-state index is 13.2. The van der Waals surface area contributed by atoms with Crippen molar-refractivity contribution in [3.63, 3.8) is 0 Å². The van der Waals surface area contributed by atoms with Crippen LogP contribution in [0.3, 0.4) is 0 Å². The SMILES string of the molecule is CCCCOC(=O)NS(=O)(=O)c1sc(CC(C)C)nc1-c1ccc2c(c1)C(C)c1nccn1C2. The van der Waals surface area contributed by atoms with Gasteiger partial charge in [-0.05, 0) is 29.5 Å². The molecule has 2 aromatic heterocycles. The second-order valence-corrected chi connectivity index (χ2v) is 11.9. The molecule has 1 aromatic carbocycles. The van der Waals surface area contributed by atoms with Gasteiger partial charge in [0.2, 0.25) is 0 Å². The molecule has 0 bridgehead atoms. The minimum atomic E-state index is -4.15. The average Bonchev–Trinajstić information content (AvgIpc) is 3.41. The number of imidazole rings is 1. The van der Waals surface area contributed by atoms with E-state index in [2.05, 4.69) is 35.0 Å². The lowest BCUT2D eigenvalue weighted by Crippen LogP contribution is -2.31. The number of rotatable bonds is 8. The summed E-state index contributed by atoms with van der Waals surface area (Å²) < 4.78 is 35.6. The third-order valence-corrected chi connectivity index (χ3v) is 8.67. The van der Waals surface area contributed by atoms with E-state index in [0.29, 0.717) is 35.0 Å². The van der Waals surface area contributed by atoms with E-state index in [0.717, 1.165) is 35.7 Å². The molecule has 1 atom stereocenters. The normalized spacial score (nSPS) is 15.1. The van der Waals surface area contributed by atoms with Crippen LogP contribution in [0, 0.1) is 5.92 Å². The van der Waals surface area contributed by atoms with E-state index < -0.39 is 16.1 Å². The van der Waals surface area contributed by atoms with E-state index in [1.165, 1.54) is 5.56 Å². The van der Waals surface area contributed by atoms with E-state index in [-0.39, 0.29) is 16.7 Å². The molecule has 182 valence electrons. The number of benzene rings is 1. The molecule has 0 saturated heterocycles. The Balaban J connectivity index is 1.71. The van der Waals surface area contributed by atoms with E-state index >= 15 is 0 Å². The third kappa shape index (κ3) is 5.02. The molecule has 0 aliphatic carbocycles. The van der Waals surface area contributed by atoms with Crippen molar-refractivity contribution in [1.29, 1.82) is 0 Å². The number of nitrogens with one attached hydrogen (secondary N) is 1. The Hall–Kier alpha value is -2.72. The van der Waals surface area contributed by atoms with Crippen LogP contribution in [0.2, 0.25) is 0 Å². The van der Waals surface area contributed by atoms with E-state index in [4.69, 9.17) is 9.72 Å². The fraction of sp³-hybridized carbons (Fsp3) is 0.458. The number of thiazole rings is 1. The fourth-order valence-corrected chi connectivity index (χ4v) is 6.76. The van der Waals surface area contributed by atoms with Gasteiger partial charge >= 0.3 is 6.09 Å². The van der Waals surface area contributed by atoms with Gasteiger partial charge in [-0.2, -0.15) is 0 Å². The van der Waals surface area contributed by atoms with Gasteiger partial charge in [0, 0.05) is 36.8 Å². The summed E-state index contributed by atoms with van der Waals surface area (Å²) in [6.45, 7) is 9.07. The van der Waals surface area contributed by atoms with Gasteiger partial charge in [-0.25, -0.2) is 27.9 Å². The molecular formula is C24H30N4O4S2. The van der Waals surface area contributed by atoms with Crippen LogP contribution < -0.4 is 4.72 Å². The first-order valence-corrected chi connectivity index (χ1v) is 13.8. The molecule has 10 heteroatoms. The number of amides is 1. The lowest BCUT2D eigenvalue weighted by atomic mass is 9.90. The Morgan fingerprint density at radius 1 is 1.35 bits per heavy atom. The summed E-state index contributed by atoms with van der Waals surface area (Å²) in [6.07, 6.45) is 4.96. The number of ether oxygens (including phenoxy) is 1. The summed E-state index contributed by atoms with van der Waals surface area (Å²) in [4.78, 5) is 21.3. The smallest absolute Gasteiger partial charge is 0.421 e. The number of hydrogen-bond acceptors (Lipinski definition) is 7. The number of aromatic nitrogens is 3. The summed E-state index contributed by atoms with van der Waals surface area (Å²) in [5.74, 6) is 1.36. The number of unbranched alkanes of at least 4 members (excludes halogenated alkanes) is 1. The van der Waals surface area contributed by atoms with Gasteiger partial charge in [0.25, 0.3) is 10.0 Å². The molecular weight excluding hydrogens is 472 g/mol. The minimum absolute atomic E-state index is 0.0282. The second kappa shape index (κ2) is 9.87. The molecule has 1 unspecified atom stereocenters. The van der Waals surface area contributed by atoms with E-state index in [9.17, 15) is 13.2 Å². The molecule has 0 radical (unpaired) electrons. The number of sulfonamides is 1. The number of nitrogens with zero attached hydrogens (tertiary/aromatic N) is 3. The molecule has 4 rings (SSSR count).